The molecule has 1 aromatic carbocycles. The summed E-state index contributed by atoms with van der Waals surface area (Å²) in [7, 11) is 0. The Labute approximate surface area is 83.9 Å². The Morgan fingerprint density at radius 2 is 2.00 bits per heavy atom. The van der Waals surface area contributed by atoms with E-state index in [1.807, 2.05) is 18.2 Å². The summed E-state index contributed by atoms with van der Waals surface area (Å²) in [5, 5.41) is 8.68. The molecule has 0 atom stereocenters. The maximum atomic E-state index is 10.6. The molecule has 74 valence electrons. The summed E-state index contributed by atoms with van der Waals surface area (Å²) in [6.45, 7) is 3.65. The van der Waals surface area contributed by atoms with Crippen LogP contribution < -0.4 is 0 Å². The average molecular weight is 190 g/mol. The zero-order valence-electron chi connectivity index (χ0n) is 8.07. The quantitative estimate of drug-likeness (QED) is 0.572. The molecule has 0 aliphatic carbocycles. The van der Waals surface area contributed by atoms with Gasteiger partial charge >= 0.3 is 5.97 Å². The molecule has 0 saturated carbocycles. The fourth-order valence-corrected chi connectivity index (χ4v) is 1.26. The van der Waals surface area contributed by atoms with Gasteiger partial charge in [-0.15, -0.1) is 6.58 Å². The van der Waals surface area contributed by atoms with Crippen LogP contribution in [-0.2, 0) is 6.42 Å². The predicted molar refractivity (Wildman–Crippen MR) is 56.5 cm³/mol. The molecule has 0 fully saturated rings. The van der Waals surface area contributed by atoms with Gasteiger partial charge in [0, 0.05) is 0 Å². The van der Waals surface area contributed by atoms with Gasteiger partial charge in [0.2, 0.25) is 0 Å². The third-order valence-electron chi connectivity index (χ3n) is 2.07. The van der Waals surface area contributed by atoms with Crippen molar-refractivity contribution in [3.05, 3.63) is 48.0 Å². The van der Waals surface area contributed by atoms with E-state index in [1.54, 1.807) is 12.1 Å². The molecule has 0 heterocycles. The summed E-state index contributed by atoms with van der Waals surface area (Å²) < 4.78 is 0. The van der Waals surface area contributed by atoms with Crippen LogP contribution in [0.3, 0.4) is 0 Å². The first-order valence-electron chi connectivity index (χ1n) is 4.67. The molecule has 14 heavy (non-hydrogen) atoms. The molecule has 1 aromatic rings. The molecule has 2 heteroatoms. The van der Waals surface area contributed by atoms with Crippen molar-refractivity contribution in [1.29, 1.82) is 0 Å². The smallest absolute Gasteiger partial charge is 0.335 e. The number of carboxylic acid groups (broad SMARTS) is 1. The monoisotopic (exact) mass is 190 g/mol. The van der Waals surface area contributed by atoms with E-state index in [1.165, 1.54) is 5.56 Å². The van der Waals surface area contributed by atoms with Crippen LogP contribution in [0.2, 0.25) is 0 Å². The van der Waals surface area contributed by atoms with Gasteiger partial charge in [-0.05, 0) is 37.0 Å². The molecular weight excluding hydrogens is 176 g/mol. The predicted octanol–water partition coefficient (Wildman–Crippen LogP) is 2.89. The van der Waals surface area contributed by atoms with Crippen molar-refractivity contribution >= 4 is 5.97 Å². The van der Waals surface area contributed by atoms with E-state index in [2.05, 4.69) is 6.58 Å². The van der Waals surface area contributed by atoms with Crippen molar-refractivity contribution in [1.82, 2.24) is 0 Å². The van der Waals surface area contributed by atoms with Gasteiger partial charge in [0.15, 0.2) is 0 Å². The molecule has 0 aliphatic heterocycles. The number of hydrogen-bond acceptors (Lipinski definition) is 1. The fraction of sp³-hybridized carbons (Fsp3) is 0.250. The lowest BCUT2D eigenvalue weighted by Gasteiger charge is -2.00. The third kappa shape index (κ3) is 3.05. The Balaban J connectivity index is 2.55. The minimum atomic E-state index is -0.873. The van der Waals surface area contributed by atoms with Crippen LogP contribution in [0.4, 0.5) is 0 Å². The number of benzene rings is 1. The second kappa shape index (κ2) is 5.22. The third-order valence-corrected chi connectivity index (χ3v) is 2.07. The maximum absolute atomic E-state index is 10.6. The Morgan fingerprint density at radius 1 is 1.36 bits per heavy atom. The Morgan fingerprint density at radius 3 is 2.50 bits per heavy atom. The lowest BCUT2D eigenvalue weighted by atomic mass is 10.1. The summed E-state index contributed by atoms with van der Waals surface area (Å²) in [6.07, 6.45) is 4.94. The van der Waals surface area contributed by atoms with Gasteiger partial charge < -0.3 is 5.11 Å². The molecular formula is C12H14O2. The minimum Gasteiger partial charge on any atom is -0.478 e. The van der Waals surface area contributed by atoms with Crippen LogP contribution in [0.1, 0.15) is 28.8 Å². The van der Waals surface area contributed by atoms with Gasteiger partial charge in [0.1, 0.15) is 0 Å². The van der Waals surface area contributed by atoms with Crippen molar-refractivity contribution in [2.24, 2.45) is 0 Å². The normalized spacial score (nSPS) is 9.71. The number of unbranched alkanes of at least 4 members (excludes halogenated alkanes) is 1. The zero-order chi connectivity index (χ0) is 10.4. The fourth-order valence-electron chi connectivity index (χ4n) is 1.26. The summed E-state index contributed by atoms with van der Waals surface area (Å²) >= 11 is 0. The molecule has 0 aromatic heterocycles. The van der Waals surface area contributed by atoms with Gasteiger partial charge in [-0.25, -0.2) is 4.79 Å². The molecule has 0 aliphatic rings. The van der Waals surface area contributed by atoms with Crippen LogP contribution >= 0.6 is 0 Å². The number of carboxylic acids is 1. The second-order valence-corrected chi connectivity index (χ2v) is 3.18. The highest BCUT2D eigenvalue weighted by Gasteiger charge is 2.00. The Bertz CT molecular complexity index is 312. The number of carbonyl (C=O) groups is 1. The lowest BCUT2D eigenvalue weighted by molar-refractivity contribution is 0.0697. The van der Waals surface area contributed by atoms with Crippen molar-refractivity contribution in [2.45, 2.75) is 19.3 Å². The molecule has 1 rings (SSSR count). The van der Waals surface area contributed by atoms with E-state index in [4.69, 9.17) is 5.11 Å². The highest BCUT2D eigenvalue weighted by molar-refractivity contribution is 5.87. The minimum absolute atomic E-state index is 0.345. The molecule has 2 nitrogen and oxygen atoms in total. The van der Waals surface area contributed by atoms with Gasteiger partial charge in [-0.2, -0.15) is 0 Å². The van der Waals surface area contributed by atoms with Crippen molar-refractivity contribution in [3.63, 3.8) is 0 Å². The first-order chi connectivity index (χ1) is 6.74. The summed E-state index contributed by atoms with van der Waals surface area (Å²) in [6, 6.07) is 7.02. The highest BCUT2D eigenvalue weighted by Crippen LogP contribution is 2.08. The average Bonchev–Trinajstić information content (AvgIpc) is 2.19. The van der Waals surface area contributed by atoms with Gasteiger partial charge in [-0.1, -0.05) is 18.2 Å². The molecule has 0 spiro atoms. The first-order valence-corrected chi connectivity index (χ1v) is 4.67. The van der Waals surface area contributed by atoms with Crippen molar-refractivity contribution in [2.75, 3.05) is 0 Å². The largest absolute Gasteiger partial charge is 0.478 e. The SMILES string of the molecule is C=CCCCc1ccc(C(=O)O)cc1. The van der Waals surface area contributed by atoms with Gasteiger partial charge in [0.25, 0.3) is 0 Å². The summed E-state index contributed by atoms with van der Waals surface area (Å²) in [4.78, 5) is 10.6. The topological polar surface area (TPSA) is 37.3 Å². The van der Waals surface area contributed by atoms with Gasteiger partial charge in [-0.3, -0.25) is 0 Å². The Kier molecular flexibility index (Phi) is 3.92. The first kappa shape index (κ1) is 10.5. The van der Waals surface area contributed by atoms with Crippen LogP contribution in [0.5, 0.6) is 0 Å². The zero-order valence-corrected chi connectivity index (χ0v) is 8.07. The number of rotatable bonds is 5. The van der Waals surface area contributed by atoms with E-state index in [-0.39, 0.29) is 0 Å². The standard InChI is InChI=1S/C12H14O2/c1-2-3-4-5-10-6-8-11(9-7-10)12(13)14/h2,6-9H,1,3-5H2,(H,13,14). The van der Waals surface area contributed by atoms with Crippen LogP contribution in [0.25, 0.3) is 0 Å². The molecule has 0 bridgehead atoms. The number of aromatic carboxylic acids is 1. The maximum Gasteiger partial charge on any atom is 0.335 e. The highest BCUT2D eigenvalue weighted by atomic mass is 16.4. The van der Waals surface area contributed by atoms with Crippen LogP contribution in [-0.4, -0.2) is 11.1 Å². The van der Waals surface area contributed by atoms with E-state index in [0.717, 1.165) is 19.3 Å². The van der Waals surface area contributed by atoms with Crippen LogP contribution in [0.15, 0.2) is 36.9 Å². The van der Waals surface area contributed by atoms with Crippen molar-refractivity contribution in [3.8, 4) is 0 Å². The molecule has 0 amide bonds. The van der Waals surface area contributed by atoms with Crippen LogP contribution in [0, 0.1) is 0 Å². The number of aryl methyl sites for hydroxylation is 1. The van der Waals surface area contributed by atoms with Crippen molar-refractivity contribution < 1.29 is 9.90 Å². The molecule has 1 N–H and O–H groups in total. The van der Waals surface area contributed by atoms with E-state index >= 15 is 0 Å². The van der Waals surface area contributed by atoms with Gasteiger partial charge in [0.05, 0.1) is 5.56 Å². The second-order valence-electron chi connectivity index (χ2n) is 3.18. The summed E-state index contributed by atoms with van der Waals surface area (Å²) in [5.41, 5.74) is 1.52. The summed E-state index contributed by atoms with van der Waals surface area (Å²) in [5.74, 6) is -0.873. The molecule has 0 radical (unpaired) electrons. The molecule has 0 unspecified atom stereocenters. The number of hydrogen-bond donors (Lipinski definition) is 1. The Hall–Kier alpha value is -1.57. The van der Waals surface area contributed by atoms with E-state index in [0.29, 0.717) is 5.56 Å². The van der Waals surface area contributed by atoms with E-state index < -0.39 is 5.97 Å². The molecule has 0 saturated heterocycles. The van der Waals surface area contributed by atoms with E-state index in [9.17, 15) is 4.79 Å². The number of allylic oxidation sites excluding steroid dienone is 1. The lowest BCUT2D eigenvalue weighted by Crippen LogP contribution is -1.95.